The lowest BCUT2D eigenvalue weighted by Gasteiger charge is -2.29. The van der Waals surface area contributed by atoms with E-state index in [9.17, 15) is 13.2 Å². The summed E-state index contributed by atoms with van der Waals surface area (Å²) in [7, 11) is -2.52. The van der Waals surface area contributed by atoms with Crippen molar-refractivity contribution in [2.75, 3.05) is 16.7 Å². The van der Waals surface area contributed by atoms with Gasteiger partial charge in [0.1, 0.15) is 10.6 Å². The lowest BCUT2D eigenvalue weighted by Crippen LogP contribution is -2.38. The zero-order chi connectivity index (χ0) is 21.3. The minimum absolute atomic E-state index is 0.144. The lowest BCUT2D eigenvalue weighted by atomic mass is 10.1. The zero-order valence-electron chi connectivity index (χ0n) is 16.5. The molecule has 0 unspecified atom stereocenters. The Balaban J connectivity index is 1.75. The van der Waals surface area contributed by atoms with Crippen molar-refractivity contribution < 1.29 is 17.9 Å². The average molecular weight is 441 g/mol. The molecule has 8 heteroatoms. The van der Waals surface area contributed by atoms with Crippen molar-refractivity contribution >= 4 is 38.5 Å². The van der Waals surface area contributed by atoms with E-state index >= 15 is 0 Å². The largest absolute Gasteiger partial charge is 0.495 e. The van der Waals surface area contributed by atoms with Gasteiger partial charge in [0, 0.05) is 6.20 Å². The van der Waals surface area contributed by atoms with Gasteiger partial charge in [-0.15, -0.1) is 11.3 Å². The van der Waals surface area contributed by atoms with Crippen LogP contribution in [-0.2, 0) is 16.6 Å². The number of anilines is 2. The Kier molecular flexibility index (Phi) is 5.36. The Morgan fingerprint density at radius 3 is 2.57 bits per heavy atom. The van der Waals surface area contributed by atoms with Crippen molar-refractivity contribution in [3.05, 3.63) is 87.1 Å². The standard InChI is InChI=1S/C22H20N2O4S2/c1-15-7-9-16(10-8-15)14-24-18-11-12-29-22(18)21(25)20(30(24,26)27)13-23-17-5-3-4-6-19(17)28-2/h3-13,23H,14H2,1-2H3. The first-order valence-corrected chi connectivity index (χ1v) is 11.5. The Labute approximate surface area is 179 Å². The first-order valence-electron chi connectivity index (χ1n) is 9.22. The highest BCUT2D eigenvalue weighted by Crippen LogP contribution is 2.39. The highest BCUT2D eigenvalue weighted by atomic mass is 32.2. The van der Waals surface area contributed by atoms with Gasteiger partial charge in [-0.1, -0.05) is 42.0 Å². The minimum Gasteiger partial charge on any atom is -0.495 e. The number of allylic oxidation sites excluding steroid dienone is 1. The van der Waals surface area contributed by atoms with Crippen LogP contribution >= 0.6 is 11.3 Å². The lowest BCUT2D eigenvalue weighted by molar-refractivity contribution is 0.104. The normalized spacial score (nSPS) is 16.4. The van der Waals surface area contributed by atoms with Gasteiger partial charge >= 0.3 is 0 Å². The Bertz CT molecular complexity index is 1230. The van der Waals surface area contributed by atoms with Gasteiger partial charge in [-0.25, -0.2) is 8.42 Å². The van der Waals surface area contributed by atoms with E-state index in [0.29, 0.717) is 22.0 Å². The van der Waals surface area contributed by atoms with Crippen molar-refractivity contribution in [2.24, 2.45) is 0 Å². The number of methoxy groups -OCH3 is 1. The first kappa shape index (κ1) is 20.2. The second-order valence-electron chi connectivity index (χ2n) is 6.81. The smallest absolute Gasteiger partial charge is 0.270 e. The number of ether oxygens (including phenoxy) is 1. The van der Waals surface area contributed by atoms with Crippen molar-refractivity contribution in [3.63, 3.8) is 0 Å². The monoisotopic (exact) mass is 440 g/mol. The molecule has 6 nitrogen and oxygen atoms in total. The average Bonchev–Trinajstić information content (AvgIpc) is 3.22. The topological polar surface area (TPSA) is 75.7 Å². The number of aryl methyl sites for hydroxylation is 1. The van der Waals surface area contributed by atoms with Crippen LogP contribution in [0.3, 0.4) is 0 Å². The van der Waals surface area contributed by atoms with Gasteiger partial charge in [0.05, 0.1) is 25.0 Å². The van der Waals surface area contributed by atoms with Crippen molar-refractivity contribution in [1.82, 2.24) is 0 Å². The van der Waals surface area contributed by atoms with Gasteiger partial charge in [0.25, 0.3) is 10.0 Å². The fourth-order valence-corrected chi connectivity index (χ4v) is 5.71. The molecule has 1 N–H and O–H groups in total. The second-order valence-corrected chi connectivity index (χ2v) is 9.56. The van der Waals surface area contributed by atoms with Crippen molar-refractivity contribution in [1.29, 1.82) is 0 Å². The van der Waals surface area contributed by atoms with Gasteiger partial charge in [0.15, 0.2) is 4.91 Å². The SMILES string of the molecule is COc1ccccc1NC=C1C(=O)c2sccc2N(Cc2ccc(C)cc2)S1(=O)=O. The summed E-state index contributed by atoms with van der Waals surface area (Å²) in [6, 6.07) is 16.4. The van der Waals surface area contributed by atoms with Gasteiger partial charge in [-0.05, 0) is 36.1 Å². The molecule has 0 radical (unpaired) electrons. The number of Topliss-reactive ketones (excluding diaryl/α,β-unsaturated/α-hetero) is 1. The fraction of sp³-hybridized carbons (Fsp3) is 0.136. The van der Waals surface area contributed by atoms with Crippen molar-refractivity contribution in [3.8, 4) is 5.75 Å². The number of ketones is 1. The number of carbonyl (C=O) groups is 1. The van der Waals surface area contributed by atoms with Gasteiger partial charge in [0.2, 0.25) is 5.78 Å². The van der Waals surface area contributed by atoms with Gasteiger partial charge in [-0.2, -0.15) is 0 Å². The molecule has 0 saturated carbocycles. The summed E-state index contributed by atoms with van der Waals surface area (Å²) >= 11 is 1.24. The highest BCUT2D eigenvalue weighted by Gasteiger charge is 2.41. The number of hydrogen-bond acceptors (Lipinski definition) is 6. The summed E-state index contributed by atoms with van der Waals surface area (Å²) in [6.45, 7) is 2.12. The predicted octanol–water partition coefficient (Wildman–Crippen LogP) is 4.55. The number of para-hydroxylation sites is 2. The Hall–Kier alpha value is -3.10. The number of hydrogen-bond donors (Lipinski definition) is 1. The molecule has 30 heavy (non-hydrogen) atoms. The van der Waals surface area contributed by atoms with Crippen LogP contribution in [0.2, 0.25) is 0 Å². The molecule has 154 valence electrons. The van der Waals surface area contributed by atoms with E-state index in [-0.39, 0.29) is 11.4 Å². The minimum atomic E-state index is -4.05. The number of sulfonamides is 1. The quantitative estimate of drug-likeness (QED) is 0.589. The number of nitrogens with zero attached hydrogens (tertiary/aromatic N) is 1. The number of carbonyl (C=O) groups excluding carboxylic acids is 1. The third kappa shape index (κ3) is 3.59. The first-order chi connectivity index (χ1) is 14.4. The molecule has 1 aliphatic heterocycles. The summed E-state index contributed by atoms with van der Waals surface area (Å²) in [4.78, 5) is 13.1. The van der Waals surface area contributed by atoms with E-state index in [1.807, 2.05) is 31.2 Å². The number of benzene rings is 2. The summed E-state index contributed by atoms with van der Waals surface area (Å²) in [5, 5.41) is 4.66. The molecule has 1 aliphatic rings. The molecule has 0 saturated heterocycles. The molecule has 3 aromatic rings. The molecule has 1 aromatic heterocycles. The zero-order valence-corrected chi connectivity index (χ0v) is 18.1. The molecular weight excluding hydrogens is 420 g/mol. The summed E-state index contributed by atoms with van der Waals surface area (Å²) in [5.41, 5.74) is 2.92. The molecular formula is C22H20N2O4S2. The van der Waals surface area contributed by atoms with Crippen LogP contribution < -0.4 is 14.4 Å². The summed E-state index contributed by atoms with van der Waals surface area (Å²) < 4.78 is 33.4. The summed E-state index contributed by atoms with van der Waals surface area (Å²) in [5.74, 6) is 0.0332. The van der Waals surface area contributed by atoms with Crippen LogP contribution in [0.1, 0.15) is 20.8 Å². The van der Waals surface area contributed by atoms with E-state index in [4.69, 9.17) is 4.74 Å². The number of fused-ring (bicyclic) bond motifs is 1. The molecule has 0 atom stereocenters. The van der Waals surface area contributed by atoms with Crippen LogP contribution in [0.4, 0.5) is 11.4 Å². The third-order valence-corrected chi connectivity index (χ3v) is 7.49. The Morgan fingerprint density at radius 2 is 1.83 bits per heavy atom. The van der Waals surface area contributed by atoms with E-state index < -0.39 is 15.8 Å². The van der Waals surface area contributed by atoms with Crippen molar-refractivity contribution in [2.45, 2.75) is 13.5 Å². The highest BCUT2D eigenvalue weighted by molar-refractivity contribution is 7.97. The van der Waals surface area contributed by atoms with Crippen LogP contribution in [0.15, 0.2) is 71.1 Å². The molecule has 4 rings (SSSR count). The van der Waals surface area contributed by atoms with Crippen LogP contribution in [0, 0.1) is 6.92 Å². The third-order valence-electron chi connectivity index (χ3n) is 4.82. The maximum atomic E-state index is 13.4. The van der Waals surface area contributed by atoms with E-state index in [1.165, 1.54) is 29.0 Å². The maximum absolute atomic E-state index is 13.4. The van der Waals surface area contributed by atoms with Crippen LogP contribution in [0.25, 0.3) is 0 Å². The molecule has 0 aliphatic carbocycles. The maximum Gasteiger partial charge on any atom is 0.270 e. The van der Waals surface area contributed by atoms with E-state index in [2.05, 4.69) is 5.32 Å². The van der Waals surface area contributed by atoms with Gasteiger partial charge < -0.3 is 10.1 Å². The number of thiophene rings is 1. The molecule has 0 fully saturated rings. The molecule has 2 heterocycles. The van der Waals surface area contributed by atoms with E-state index in [1.54, 1.807) is 35.7 Å². The predicted molar refractivity (Wildman–Crippen MR) is 120 cm³/mol. The summed E-state index contributed by atoms with van der Waals surface area (Å²) in [6.07, 6.45) is 1.25. The van der Waals surface area contributed by atoms with Crippen LogP contribution in [0.5, 0.6) is 5.75 Å². The second kappa shape index (κ2) is 7.97. The van der Waals surface area contributed by atoms with Crippen LogP contribution in [-0.4, -0.2) is 21.3 Å². The fourth-order valence-electron chi connectivity index (χ4n) is 3.22. The molecule has 2 aromatic carbocycles. The molecule has 0 spiro atoms. The van der Waals surface area contributed by atoms with Gasteiger partial charge in [-0.3, -0.25) is 9.10 Å². The van der Waals surface area contributed by atoms with E-state index in [0.717, 1.165) is 11.1 Å². The number of nitrogens with one attached hydrogen (secondary N) is 1. The number of rotatable bonds is 5. The Morgan fingerprint density at radius 1 is 1.10 bits per heavy atom. The molecule has 0 bridgehead atoms. The molecule has 0 amide bonds.